The van der Waals surface area contributed by atoms with Crippen molar-refractivity contribution >= 4 is 27.5 Å². The first-order valence-electron chi connectivity index (χ1n) is 15.2. The minimum Gasteiger partial charge on any atom is -0.497 e. The van der Waals surface area contributed by atoms with Gasteiger partial charge in [0.2, 0.25) is 11.8 Å². The van der Waals surface area contributed by atoms with Crippen LogP contribution in [0.3, 0.4) is 0 Å². The largest absolute Gasteiger partial charge is 0.497 e. The van der Waals surface area contributed by atoms with E-state index in [1.165, 1.54) is 37.3 Å². The molecule has 1 unspecified atom stereocenters. The highest BCUT2D eigenvalue weighted by Gasteiger charge is 2.35. The first-order chi connectivity index (χ1) is 21.7. The summed E-state index contributed by atoms with van der Waals surface area (Å²) in [4.78, 5) is 29.7. The van der Waals surface area contributed by atoms with Crippen molar-refractivity contribution in [1.29, 1.82) is 0 Å². The molecule has 0 aliphatic heterocycles. The molecule has 1 aliphatic rings. The normalized spacial score (nSPS) is 14.2. The van der Waals surface area contributed by atoms with Crippen LogP contribution in [0.1, 0.15) is 51.0 Å². The Morgan fingerprint density at radius 2 is 1.56 bits per heavy atom. The maximum absolute atomic E-state index is 14.5. The highest BCUT2D eigenvalue weighted by Crippen LogP contribution is 2.36. The summed E-state index contributed by atoms with van der Waals surface area (Å²) in [7, 11) is 0.189. The third-order valence-corrected chi connectivity index (χ3v) is 9.86. The first kappa shape index (κ1) is 33.6. The predicted octanol–water partition coefficient (Wildman–Crippen LogP) is 5.16. The molecule has 0 aromatic heterocycles. The predicted molar refractivity (Wildman–Crippen MR) is 173 cm³/mol. The second kappa shape index (κ2) is 15.7. The quantitative estimate of drug-likeness (QED) is 0.260. The summed E-state index contributed by atoms with van der Waals surface area (Å²) in [6.07, 6.45) is 5.35. The molecule has 1 N–H and O–H groups in total. The third-order valence-electron chi connectivity index (χ3n) is 8.09. The Bertz CT molecular complexity index is 1540. The number of sulfonamides is 1. The van der Waals surface area contributed by atoms with Crippen LogP contribution in [0.4, 0.5) is 5.69 Å². The van der Waals surface area contributed by atoms with Gasteiger partial charge in [0, 0.05) is 18.7 Å². The van der Waals surface area contributed by atoms with Crippen LogP contribution in [0, 0.1) is 0 Å². The van der Waals surface area contributed by atoms with Gasteiger partial charge in [-0.2, -0.15) is 0 Å². The van der Waals surface area contributed by atoms with Gasteiger partial charge in [-0.25, -0.2) is 8.42 Å². The Balaban J connectivity index is 1.77. The van der Waals surface area contributed by atoms with Crippen LogP contribution in [0.25, 0.3) is 0 Å². The fraction of sp³-hybridized carbons (Fsp3) is 0.412. The molecule has 0 bridgehead atoms. The molecule has 242 valence electrons. The average Bonchev–Trinajstić information content (AvgIpc) is 3.07. The van der Waals surface area contributed by atoms with Gasteiger partial charge in [0.25, 0.3) is 10.0 Å². The van der Waals surface area contributed by atoms with Crippen LogP contribution < -0.4 is 23.8 Å². The van der Waals surface area contributed by atoms with Crippen LogP contribution in [0.2, 0.25) is 0 Å². The Kier molecular flexibility index (Phi) is 11.7. The fourth-order valence-corrected chi connectivity index (χ4v) is 7.09. The lowest BCUT2D eigenvalue weighted by Gasteiger charge is -2.34. The summed E-state index contributed by atoms with van der Waals surface area (Å²) in [6.45, 7) is 1.33. The number of nitrogens with zero attached hydrogens (tertiary/aromatic N) is 2. The number of hydrogen-bond donors (Lipinski definition) is 1. The maximum Gasteiger partial charge on any atom is 0.264 e. The van der Waals surface area contributed by atoms with E-state index in [0.717, 1.165) is 42.0 Å². The van der Waals surface area contributed by atoms with E-state index in [1.54, 1.807) is 49.6 Å². The Labute approximate surface area is 266 Å². The Hall–Kier alpha value is -4.25. The summed E-state index contributed by atoms with van der Waals surface area (Å²) in [6, 6.07) is 19.1. The van der Waals surface area contributed by atoms with Crippen molar-refractivity contribution in [3.63, 3.8) is 0 Å². The molecule has 4 rings (SSSR count). The molecule has 1 atom stereocenters. The molecule has 2 amide bonds. The lowest BCUT2D eigenvalue weighted by molar-refractivity contribution is -0.140. The van der Waals surface area contributed by atoms with Gasteiger partial charge in [-0.15, -0.1) is 0 Å². The molecular weight excluding hydrogens is 594 g/mol. The van der Waals surface area contributed by atoms with Crippen molar-refractivity contribution in [2.45, 2.75) is 69.0 Å². The lowest BCUT2D eigenvalue weighted by Crippen LogP contribution is -2.54. The van der Waals surface area contributed by atoms with E-state index < -0.39 is 28.5 Å². The summed E-state index contributed by atoms with van der Waals surface area (Å²) >= 11 is 0. The zero-order chi connectivity index (χ0) is 32.4. The molecule has 0 spiro atoms. The van der Waals surface area contributed by atoms with E-state index in [0.29, 0.717) is 17.9 Å². The number of carbonyl (C=O) groups is 2. The molecule has 3 aromatic carbocycles. The number of methoxy groups -OCH3 is 3. The van der Waals surface area contributed by atoms with Gasteiger partial charge in [0.05, 0.1) is 31.9 Å². The Morgan fingerprint density at radius 3 is 2.20 bits per heavy atom. The topological polar surface area (TPSA) is 114 Å². The summed E-state index contributed by atoms with van der Waals surface area (Å²) in [5.74, 6) is 0.432. The van der Waals surface area contributed by atoms with Crippen molar-refractivity contribution in [3.05, 3.63) is 78.4 Å². The number of ether oxygens (including phenoxy) is 3. The number of amides is 2. The van der Waals surface area contributed by atoms with E-state index in [9.17, 15) is 18.0 Å². The SMILES string of the molecule is CCC(C(=O)NC1CCCCC1)N(Cc1cccc(OC)c1)C(=O)CN(c1cc(OC)ccc1OC)S(=O)(=O)c1ccccc1. The highest BCUT2D eigenvalue weighted by atomic mass is 32.2. The number of nitrogens with one attached hydrogen (secondary N) is 1. The second-order valence-corrected chi connectivity index (χ2v) is 12.9. The van der Waals surface area contributed by atoms with Crippen LogP contribution in [0.15, 0.2) is 77.7 Å². The summed E-state index contributed by atoms with van der Waals surface area (Å²) < 4.78 is 45.8. The summed E-state index contributed by atoms with van der Waals surface area (Å²) in [5, 5.41) is 3.16. The van der Waals surface area contributed by atoms with Gasteiger partial charge in [0.1, 0.15) is 29.8 Å². The number of anilines is 1. The van der Waals surface area contributed by atoms with Crippen LogP contribution in [0.5, 0.6) is 17.2 Å². The van der Waals surface area contributed by atoms with Gasteiger partial charge < -0.3 is 24.4 Å². The molecule has 10 nitrogen and oxygen atoms in total. The highest BCUT2D eigenvalue weighted by molar-refractivity contribution is 7.92. The second-order valence-electron chi connectivity index (χ2n) is 11.0. The van der Waals surface area contributed by atoms with Crippen LogP contribution in [-0.4, -0.2) is 65.1 Å². The number of rotatable bonds is 14. The van der Waals surface area contributed by atoms with E-state index in [4.69, 9.17) is 14.2 Å². The molecule has 0 saturated heterocycles. The van der Waals surface area contributed by atoms with Crippen LogP contribution in [-0.2, 0) is 26.2 Å². The van der Waals surface area contributed by atoms with Gasteiger partial charge >= 0.3 is 0 Å². The molecule has 1 aliphatic carbocycles. The molecule has 0 heterocycles. The fourth-order valence-electron chi connectivity index (χ4n) is 5.66. The molecule has 45 heavy (non-hydrogen) atoms. The molecule has 0 radical (unpaired) electrons. The van der Waals surface area contributed by atoms with Crippen molar-refractivity contribution in [2.75, 3.05) is 32.2 Å². The Morgan fingerprint density at radius 1 is 0.867 bits per heavy atom. The lowest BCUT2D eigenvalue weighted by atomic mass is 9.95. The maximum atomic E-state index is 14.5. The smallest absolute Gasteiger partial charge is 0.264 e. The average molecular weight is 638 g/mol. The zero-order valence-electron chi connectivity index (χ0n) is 26.4. The van der Waals surface area contributed by atoms with Gasteiger partial charge in [-0.05, 0) is 61.2 Å². The van der Waals surface area contributed by atoms with E-state index >= 15 is 0 Å². The standard InChI is InChI=1S/C34H43N3O7S/c1-5-30(34(39)35-26-14-8-6-9-15-26)36(23-25-13-12-16-27(21-25)42-2)33(38)24-37(45(40,41)29-17-10-7-11-18-29)31-22-28(43-3)19-20-32(31)44-4/h7,10-13,16-22,26,30H,5-6,8-9,14-15,23-24H2,1-4H3,(H,35,39). The molecule has 1 fully saturated rings. The molecule has 1 saturated carbocycles. The number of benzene rings is 3. The van der Waals surface area contributed by atoms with Crippen molar-refractivity contribution in [1.82, 2.24) is 10.2 Å². The van der Waals surface area contributed by atoms with E-state index in [1.807, 2.05) is 19.1 Å². The van der Waals surface area contributed by atoms with Gasteiger partial charge in [-0.1, -0.05) is 56.5 Å². The van der Waals surface area contributed by atoms with Crippen molar-refractivity contribution in [3.8, 4) is 17.2 Å². The molecule has 11 heteroatoms. The van der Waals surface area contributed by atoms with Crippen molar-refractivity contribution in [2.24, 2.45) is 0 Å². The minimum atomic E-state index is -4.27. The third kappa shape index (κ3) is 8.27. The number of hydrogen-bond acceptors (Lipinski definition) is 7. The van der Waals surface area contributed by atoms with E-state index in [2.05, 4.69) is 5.32 Å². The van der Waals surface area contributed by atoms with Gasteiger partial charge in [0.15, 0.2) is 0 Å². The van der Waals surface area contributed by atoms with E-state index in [-0.39, 0.29) is 34.8 Å². The van der Waals surface area contributed by atoms with Crippen molar-refractivity contribution < 1.29 is 32.2 Å². The zero-order valence-corrected chi connectivity index (χ0v) is 27.2. The summed E-state index contributed by atoms with van der Waals surface area (Å²) in [5.41, 5.74) is 0.873. The molecular formula is C34H43N3O7S. The minimum absolute atomic E-state index is 0.00380. The van der Waals surface area contributed by atoms with Gasteiger partial charge in [-0.3, -0.25) is 13.9 Å². The molecule has 3 aromatic rings. The first-order valence-corrected chi connectivity index (χ1v) is 16.7. The van der Waals surface area contributed by atoms with Crippen LogP contribution >= 0.6 is 0 Å². The monoisotopic (exact) mass is 637 g/mol. The number of carbonyl (C=O) groups excluding carboxylic acids is 2.